The standard InChI is InChI=1S/C14H13Cl2NOS/c1-19-14(11-5-4-10(15)7-12(11)16)13-9(8-18)3-2-6-17-13/h2-7,14,18H,8H2,1H3. The molecule has 1 unspecified atom stereocenters. The second kappa shape index (κ2) is 6.62. The van der Waals surface area contributed by atoms with Gasteiger partial charge in [0.2, 0.25) is 0 Å². The Hall–Kier alpha value is -0.740. The Labute approximate surface area is 126 Å². The lowest BCUT2D eigenvalue weighted by molar-refractivity contribution is 0.280. The molecule has 1 heterocycles. The lowest BCUT2D eigenvalue weighted by Gasteiger charge is -2.18. The van der Waals surface area contributed by atoms with Gasteiger partial charge < -0.3 is 5.11 Å². The largest absolute Gasteiger partial charge is 0.392 e. The van der Waals surface area contributed by atoms with Gasteiger partial charge in [-0.05, 0) is 30.0 Å². The number of hydrogen-bond donors (Lipinski definition) is 1. The van der Waals surface area contributed by atoms with Crippen molar-refractivity contribution in [3.8, 4) is 0 Å². The highest BCUT2D eigenvalue weighted by Crippen LogP contribution is 2.38. The quantitative estimate of drug-likeness (QED) is 0.911. The fraction of sp³-hybridized carbons (Fsp3) is 0.214. The third-order valence-electron chi connectivity index (χ3n) is 2.83. The summed E-state index contributed by atoms with van der Waals surface area (Å²) in [6.07, 6.45) is 3.72. The van der Waals surface area contributed by atoms with Crippen LogP contribution in [0.25, 0.3) is 0 Å². The molecule has 1 aromatic heterocycles. The van der Waals surface area contributed by atoms with Gasteiger partial charge in [-0.1, -0.05) is 35.3 Å². The first-order valence-electron chi connectivity index (χ1n) is 5.69. The number of nitrogens with zero attached hydrogens (tertiary/aromatic N) is 1. The van der Waals surface area contributed by atoms with E-state index >= 15 is 0 Å². The monoisotopic (exact) mass is 313 g/mol. The molecule has 2 nitrogen and oxygen atoms in total. The molecule has 0 aliphatic carbocycles. The van der Waals surface area contributed by atoms with Crippen molar-refractivity contribution in [1.29, 1.82) is 0 Å². The lowest BCUT2D eigenvalue weighted by atomic mass is 10.0. The molecular formula is C14H13Cl2NOS. The first kappa shape index (κ1) is 14.7. The highest BCUT2D eigenvalue weighted by Gasteiger charge is 2.20. The van der Waals surface area contributed by atoms with E-state index in [2.05, 4.69) is 4.98 Å². The molecule has 0 aliphatic rings. The normalized spacial score (nSPS) is 12.4. The van der Waals surface area contributed by atoms with E-state index in [0.29, 0.717) is 10.0 Å². The summed E-state index contributed by atoms with van der Waals surface area (Å²) < 4.78 is 0. The molecule has 0 fully saturated rings. The van der Waals surface area contributed by atoms with Crippen LogP contribution in [0.2, 0.25) is 10.0 Å². The molecule has 100 valence electrons. The number of hydrogen-bond acceptors (Lipinski definition) is 3. The second-order valence-electron chi connectivity index (χ2n) is 3.99. The van der Waals surface area contributed by atoms with Crippen LogP contribution in [0.3, 0.4) is 0 Å². The maximum Gasteiger partial charge on any atom is 0.0734 e. The molecule has 1 N–H and O–H groups in total. The van der Waals surface area contributed by atoms with E-state index in [1.54, 1.807) is 24.0 Å². The molecule has 1 aromatic carbocycles. The Kier molecular flexibility index (Phi) is 5.11. The van der Waals surface area contributed by atoms with Crippen molar-refractivity contribution in [3.05, 3.63) is 63.4 Å². The van der Waals surface area contributed by atoms with Crippen molar-refractivity contribution < 1.29 is 5.11 Å². The maximum atomic E-state index is 9.42. The molecule has 19 heavy (non-hydrogen) atoms. The van der Waals surface area contributed by atoms with E-state index in [1.807, 2.05) is 30.5 Å². The summed E-state index contributed by atoms with van der Waals surface area (Å²) in [4.78, 5) is 4.39. The number of aliphatic hydroxyl groups excluding tert-OH is 1. The minimum absolute atomic E-state index is 0.0203. The van der Waals surface area contributed by atoms with Crippen LogP contribution in [0.5, 0.6) is 0 Å². The summed E-state index contributed by atoms with van der Waals surface area (Å²) >= 11 is 13.8. The Morgan fingerprint density at radius 3 is 2.74 bits per heavy atom. The fourth-order valence-corrected chi connectivity index (χ4v) is 3.40. The van der Waals surface area contributed by atoms with Gasteiger partial charge in [0.15, 0.2) is 0 Å². The predicted molar refractivity (Wildman–Crippen MR) is 82.0 cm³/mol. The zero-order chi connectivity index (χ0) is 13.8. The van der Waals surface area contributed by atoms with Gasteiger partial charge in [0.25, 0.3) is 0 Å². The summed E-state index contributed by atoms with van der Waals surface area (Å²) in [7, 11) is 0. The van der Waals surface area contributed by atoms with E-state index in [0.717, 1.165) is 16.8 Å². The lowest BCUT2D eigenvalue weighted by Crippen LogP contribution is -2.04. The zero-order valence-corrected chi connectivity index (χ0v) is 12.6. The van der Waals surface area contributed by atoms with Crippen molar-refractivity contribution in [2.45, 2.75) is 11.9 Å². The summed E-state index contributed by atoms with van der Waals surface area (Å²) in [6.45, 7) is -0.0363. The van der Waals surface area contributed by atoms with E-state index < -0.39 is 0 Å². The first-order valence-corrected chi connectivity index (χ1v) is 7.74. The van der Waals surface area contributed by atoms with Crippen LogP contribution < -0.4 is 0 Å². The fourth-order valence-electron chi connectivity index (χ4n) is 1.92. The van der Waals surface area contributed by atoms with Gasteiger partial charge in [0, 0.05) is 21.8 Å². The molecule has 0 spiro atoms. The second-order valence-corrected chi connectivity index (χ2v) is 5.77. The van der Waals surface area contributed by atoms with Crippen molar-refractivity contribution in [2.24, 2.45) is 0 Å². The van der Waals surface area contributed by atoms with Crippen LogP contribution >= 0.6 is 35.0 Å². The van der Waals surface area contributed by atoms with Crippen molar-refractivity contribution in [3.63, 3.8) is 0 Å². The number of rotatable bonds is 4. The molecule has 5 heteroatoms. The van der Waals surface area contributed by atoms with Crippen LogP contribution in [0, 0.1) is 0 Å². The summed E-state index contributed by atoms with van der Waals surface area (Å²) in [5.74, 6) is 0. The number of halogens is 2. The van der Waals surface area contributed by atoms with Crippen LogP contribution in [0.1, 0.15) is 22.1 Å². The van der Waals surface area contributed by atoms with Gasteiger partial charge in [0.05, 0.1) is 17.6 Å². The molecule has 2 aromatic rings. The average molecular weight is 314 g/mol. The van der Waals surface area contributed by atoms with Crippen LogP contribution in [0.15, 0.2) is 36.5 Å². The Bertz CT molecular complexity index is 577. The third kappa shape index (κ3) is 3.23. The van der Waals surface area contributed by atoms with Gasteiger partial charge in [-0.3, -0.25) is 4.98 Å². The van der Waals surface area contributed by atoms with Gasteiger partial charge in [-0.25, -0.2) is 0 Å². The Morgan fingerprint density at radius 1 is 1.32 bits per heavy atom. The SMILES string of the molecule is CSC(c1ccc(Cl)cc1Cl)c1ncccc1CO. The van der Waals surface area contributed by atoms with Crippen LogP contribution in [-0.4, -0.2) is 16.3 Å². The molecule has 1 atom stereocenters. The molecule has 0 saturated heterocycles. The zero-order valence-electron chi connectivity index (χ0n) is 10.3. The molecule has 0 saturated carbocycles. The summed E-state index contributed by atoms with van der Waals surface area (Å²) in [6, 6.07) is 9.13. The number of aromatic nitrogens is 1. The highest BCUT2D eigenvalue weighted by atomic mass is 35.5. The van der Waals surface area contributed by atoms with E-state index in [-0.39, 0.29) is 11.9 Å². The highest BCUT2D eigenvalue weighted by molar-refractivity contribution is 7.99. The molecule has 0 bridgehead atoms. The van der Waals surface area contributed by atoms with Crippen molar-refractivity contribution in [1.82, 2.24) is 4.98 Å². The average Bonchev–Trinajstić information content (AvgIpc) is 2.42. The number of aliphatic hydroxyl groups is 1. The number of thioether (sulfide) groups is 1. The topological polar surface area (TPSA) is 33.1 Å². The predicted octanol–water partition coefficient (Wildman–Crippen LogP) is 4.33. The summed E-state index contributed by atoms with van der Waals surface area (Å²) in [5.41, 5.74) is 2.60. The smallest absolute Gasteiger partial charge is 0.0734 e. The third-order valence-corrected chi connectivity index (χ3v) is 4.34. The maximum absolute atomic E-state index is 9.42. The van der Waals surface area contributed by atoms with Gasteiger partial charge in [0.1, 0.15) is 0 Å². The summed E-state index contributed by atoms with van der Waals surface area (Å²) in [5, 5.41) is 10.6. The van der Waals surface area contributed by atoms with Crippen LogP contribution in [0.4, 0.5) is 0 Å². The van der Waals surface area contributed by atoms with E-state index in [1.165, 1.54) is 0 Å². The van der Waals surface area contributed by atoms with E-state index in [4.69, 9.17) is 23.2 Å². The van der Waals surface area contributed by atoms with Gasteiger partial charge >= 0.3 is 0 Å². The Balaban J connectivity index is 2.50. The molecule has 0 aliphatic heterocycles. The Morgan fingerprint density at radius 2 is 2.11 bits per heavy atom. The minimum atomic E-state index is -0.0363. The number of pyridine rings is 1. The minimum Gasteiger partial charge on any atom is -0.392 e. The van der Waals surface area contributed by atoms with Crippen molar-refractivity contribution in [2.75, 3.05) is 6.26 Å². The van der Waals surface area contributed by atoms with Crippen LogP contribution in [-0.2, 0) is 6.61 Å². The van der Waals surface area contributed by atoms with Gasteiger partial charge in [-0.15, -0.1) is 0 Å². The molecular weight excluding hydrogens is 301 g/mol. The molecule has 0 radical (unpaired) electrons. The number of benzene rings is 1. The van der Waals surface area contributed by atoms with Crippen molar-refractivity contribution >= 4 is 35.0 Å². The first-order chi connectivity index (χ1) is 9.17. The molecule has 0 amide bonds. The van der Waals surface area contributed by atoms with E-state index in [9.17, 15) is 5.11 Å². The molecule has 2 rings (SSSR count). The van der Waals surface area contributed by atoms with Gasteiger partial charge in [-0.2, -0.15) is 11.8 Å².